The minimum absolute atomic E-state index is 0.0951. The van der Waals surface area contributed by atoms with Crippen molar-refractivity contribution in [2.75, 3.05) is 13.2 Å². The van der Waals surface area contributed by atoms with Gasteiger partial charge in [-0.2, -0.15) is 0 Å². The van der Waals surface area contributed by atoms with Gasteiger partial charge >= 0.3 is 0 Å². The number of aromatic nitrogens is 2. The number of para-hydroxylation sites is 2. The molecule has 1 N–H and O–H groups in total. The third-order valence-corrected chi connectivity index (χ3v) is 5.30. The lowest BCUT2D eigenvalue weighted by Gasteiger charge is -2.27. The summed E-state index contributed by atoms with van der Waals surface area (Å²) in [4.78, 5) is 13.1. The second kappa shape index (κ2) is 8.89. The van der Waals surface area contributed by atoms with Crippen molar-refractivity contribution in [2.24, 2.45) is 0 Å². The topological polar surface area (TPSA) is 73.3 Å². The van der Waals surface area contributed by atoms with Gasteiger partial charge < -0.3 is 14.8 Å². The first-order valence-electron chi connectivity index (χ1n) is 10.4. The number of carbonyl (C=O) groups is 1. The molecule has 1 amide bonds. The highest BCUT2D eigenvalue weighted by Crippen LogP contribution is 2.43. The number of rotatable bonds is 6. The molecular formula is C26H21N3O3. The van der Waals surface area contributed by atoms with Gasteiger partial charge in [-0.1, -0.05) is 66.7 Å². The highest BCUT2D eigenvalue weighted by atomic mass is 16.5. The molecule has 0 unspecified atom stereocenters. The molecule has 5 rings (SSSR count). The number of benzene rings is 3. The van der Waals surface area contributed by atoms with Crippen LogP contribution in [0.4, 0.5) is 0 Å². The Kier molecular flexibility index (Phi) is 5.49. The average Bonchev–Trinajstić information content (AvgIpc) is 2.86. The van der Waals surface area contributed by atoms with Crippen molar-refractivity contribution >= 4 is 5.91 Å². The molecule has 158 valence electrons. The maximum atomic E-state index is 13.1. The quantitative estimate of drug-likeness (QED) is 0.460. The zero-order chi connectivity index (χ0) is 21.8. The molecule has 0 fully saturated rings. The fourth-order valence-electron chi connectivity index (χ4n) is 3.78. The smallest absolute Gasteiger partial charge is 0.233 e. The van der Waals surface area contributed by atoms with Crippen molar-refractivity contribution in [3.63, 3.8) is 0 Å². The molecule has 32 heavy (non-hydrogen) atoms. The van der Waals surface area contributed by atoms with E-state index in [1.165, 1.54) is 0 Å². The summed E-state index contributed by atoms with van der Waals surface area (Å²) in [6.45, 7) is 0.639. The van der Waals surface area contributed by atoms with Crippen LogP contribution in [0.15, 0.2) is 91.0 Å². The van der Waals surface area contributed by atoms with Gasteiger partial charge in [0, 0.05) is 22.8 Å². The molecule has 0 saturated heterocycles. The van der Waals surface area contributed by atoms with Crippen LogP contribution < -0.4 is 14.8 Å². The minimum atomic E-state index is -0.430. The van der Waals surface area contributed by atoms with Crippen molar-refractivity contribution in [3.05, 3.63) is 102 Å². The van der Waals surface area contributed by atoms with E-state index < -0.39 is 5.92 Å². The number of carbonyl (C=O) groups excluding carboxylic acids is 1. The summed E-state index contributed by atoms with van der Waals surface area (Å²) in [5, 5.41) is 11.3. The second-order valence-corrected chi connectivity index (χ2v) is 7.37. The van der Waals surface area contributed by atoms with Crippen LogP contribution in [-0.2, 0) is 4.79 Å². The zero-order valence-electron chi connectivity index (χ0n) is 17.3. The molecule has 4 aromatic rings. The van der Waals surface area contributed by atoms with E-state index in [1.807, 2.05) is 84.9 Å². The zero-order valence-corrected chi connectivity index (χ0v) is 17.3. The first-order valence-corrected chi connectivity index (χ1v) is 10.4. The van der Waals surface area contributed by atoms with Gasteiger partial charge in [-0.3, -0.25) is 4.79 Å². The lowest BCUT2D eigenvalue weighted by molar-refractivity contribution is -0.121. The van der Waals surface area contributed by atoms with Gasteiger partial charge in [0.2, 0.25) is 11.8 Å². The Morgan fingerprint density at radius 2 is 1.47 bits per heavy atom. The highest BCUT2D eigenvalue weighted by Gasteiger charge is 2.32. The van der Waals surface area contributed by atoms with Crippen LogP contribution in [0.2, 0.25) is 0 Å². The van der Waals surface area contributed by atoms with Crippen LogP contribution >= 0.6 is 0 Å². The van der Waals surface area contributed by atoms with Gasteiger partial charge in [-0.05, 0) is 18.2 Å². The molecule has 0 atom stereocenters. The highest BCUT2D eigenvalue weighted by molar-refractivity contribution is 5.89. The van der Waals surface area contributed by atoms with Gasteiger partial charge in [-0.25, -0.2) is 0 Å². The largest absolute Gasteiger partial charge is 0.475 e. The maximum absolute atomic E-state index is 13.1. The Balaban J connectivity index is 1.21. The molecule has 0 bridgehead atoms. The molecule has 1 aliphatic rings. The summed E-state index contributed by atoms with van der Waals surface area (Å²) in [6.07, 6.45) is 0. The van der Waals surface area contributed by atoms with Crippen LogP contribution in [-0.4, -0.2) is 29.3 Å². The van der Waals surface area contributed by atoms with Crippen molar-refractivity contribution < 1.29 is 14.3 Å². The standard InChI is InChI=1S/C26H21N3O3/c30-26(25-19-10-4-6-12-22(19)32-23-13-7-5-11-20(23)25)27-16-17-31-24-15-14-21(28-29-24)18-8-2-1-3-9-18/h1-15,25H,16-17H2,(H,27,30). The molecule has 1 aliphatic heterocycles. The summed E-state index contributed by atoms with van der Waals surface area (Å²) in [5.74, 6) is 1.30. The molecule has 0 spiro atoms. The molecule has 6 nitrogen and oxygen atoms in total. The van der Waals surface area contributed by atoms with E-state index in [0.717, 1.165) is 22.4 Å². The molecule has 2 heterocycles. The number of amides is 1. The fourth-order valence-corrected chi connectivity index (χ4v) is 3.78. The lowest BCUT2D eigenvalue weighted by atomic mass is 9.87. The number of fused-ring (bicyclic) bond motifs is 2. The molecule has 1 aromatic heterocycles. The van der Waals surface area contributed by atoms with Crippen LogP contribution in [0.1, 0.15) is 17.0 Å². The Bertz CT molecular complexity index is 1180. The third-order valence-electron chi connectivity index (χ3n) is 5.30. The van der Waals surface area contributed by atoms with Crippen molar-refractivity contribution in [1.82, 2.24) is 15.5 Å². The van der Waals surface area contributed by atoms with Crippen molar-refractivity contribution in [3.8, 4) is 28.6 Å². The second-order valence-electron chi connectivity index (χ2n) is 7.37. The first-order chi connectivity index (χ1) is 15.8. The van der Waals surface area contributed by atoms with Crippen LogP contribution in [0.3, 0.4) is 0 Å². The Morgan fingerprint density at radius 1 is 0.812 bits per heavy atom. The van der Waals surface area contributed by atoms with E-state index in [0.29, 0.717) is 23.9 Å². The van der Waals surface area contributed by atoms with E-state index in [9.17, 15) is 4.79 Å². The van der Waals surface area contributed by atoms with Gasteiger partial charge in [0.25, 0.3) is 0 Å². The fraction of sp³-hybridized carbons (Fsp3) is 0.115. The Hall–Kier alpha value is -4.19. The van der Waals surface area contributed by atoms with E-state index in [4.69, 9.17) is 9.47 Å². The average molecular weight is 423 g/mol. The molecule has 0 aliphatic carbocycles. The van der Waals surface area contributed by atoms with Crippen molar-refractivity contribution in [1.29, 1.82) is 0 Å². The Morgan fingerprint density at radius 3 is 2.12 bits per heavy atom. The monoisotopic (exact) mass is 423 g/mol. The molecule has 0 saturated carbocycles. The summed E-state index contributed by atoms with van der Waals surface area (Å²) in [5.41, 5.74) is 3.48. The van der Waals surface area contributed by atoms with Gasteiger partial charge in [-0.15, -0.1) is 10.2 Å². The van der Waals surface area contributed by atoms with E-state index in [2.05, 4.69) is 15.5 Å². The van der Waals surface area contributed by atoms with Gasteiger partial charge in [0.1, 0.15) is 18.1 Å². The van der Waals surface area contributed by atoms with Crippen LogP contribution in [0.25, 0.3) is 11.3 Å². The Labute approximate surface area is 185 Å². The van der Waals surface area contributed by atoms with E-state index in [-0.39, 0.29) is 12.5 Å². The molecular weight excluding hydrogens is 402 g/mol. The number of nitrogens with one attached hydrogen (secondary N) is 1. The van der Waals surface area contributed by atoms with E-state index >= 15 is 0 Å². The number of nitrogens with zero attached hydrogens (tertiary/aromatic N) is 2. The third kappa shape index (κ3) is 4.03. The number of ether oxygens (including phenoxy) is 2. The first kappa shape index (κ1) is 19.8. The van der Waals surface area contributed by atoms with Gasteiger partial charge in [0.15, 0.2) is 0 Å². The minimum Gasteiger partial charge on any atom is -0.475 e. The van der Waals surface area contributed by atoms with Crippen LogP contribution in [0.5, 0.6) is 17.4 Å². The summed E-state index contributed by atoms with van der Waals surface area (Å²) < 4.78 is 11.6. The summed E-state index contributed by atoms with van der Waals surface area (Å²) >= 11 is 0. The summed E-state index contributed by atoms with van der Waals surface area (Å²) in [6, 6.07) is 28.7. The molecule has 6 heteroatoms. The molecule has 3 aromatic carbocycles. The van der Waals surface area contributed by atoms with Crippen molar-refractivity contribution in [2.45, 2.75) is 5.92 Å². The lowest BCUT2D eigenvalue weighted by Crippen LogP contribution is -2.34. The normalized spacial score (nSPS) is 12.2. The summed E-state index contributed by atoms with van der Waals surface area (Å²) in [7, 11) is 0. The predicted octanol–water partition coefficient (Wildman–Crippen LogP) is 4.58. The van der Waals surface area contributed by atoms with E-state index in [1.54, 1.807) is 6.07 Å². The molecule has 0 radical (unpaired) electrons. The maximum Gasteiger partial charge on any atom is 0.233 e. The number of hydrogen-bond acceptors (Lipinski definition) is 5. The van der Waals surface area contributed by atoms with Crippen LogP contribution in [0, 0.1) is 0 Å². The van der Waals surface area contributed by atoms with Gasteiger partial charge in [0.05, 0.1) is 18.2 Å². The predicted molar refractivity (Wildman–Crippen MR) is 121 cm³/mol. The SMILES string of the molecule is O=C(NCCOc1ccc(-c2ccccc2)nn1)C1c2ccccc2Oc2ccccc21. The number of hydrogen-bond donors (Lipinski definition) is 1.